The van der Waals surface area contributed by atoms with Gasteiger partial charge in [0.2, 0.25) is 12.1 Å². The molecule has 1 amide bonds. The Kier molecular flexibility index (Phi) is 5.95. The second kappa shape index (κ2) is 8.44. The Morgan fingerprint density at radius 1 is 1.17 bits per heavy atom. The van der Waals surface area contributed by atoms with Gasteiger partial charge in [-0.2, -0.15) is 0 Å². The van der Waals surface area contributed by atoms with Gasteiger partial charge in [0.15, 0.2) is 0 Å². The first-order valence-corrected chi connectivity index (χ1v) is 9.42. The smallest absolute Gasteiger partial charge is 0.426 e. The minimum Gasteiger partial charge on any atom is -0.467 e. The molecular formula is C20H23N3O7. The molecule has 0 aromatic heterocycles. The molecule has 2 aliphatic rings. The summed E-state index contributed by atoms with van der Waals surface area (Å²) in [6.45, 7) is 5.05. The molecule has 0 spiro atoms. The van der Waals surface area contributed by atoms with Crippen LogP contribution in [0.5, 0.6) is 0 Å². The van der Waals surface area contributed by atoms with Crippen LogP contribution < -0.4 is 5.43 Å². The van der Waals surface area contributed by atoms with Gasteiger partial charge in [0.1, 0.15) is 5.57 Å². The molecule has 1 aromatic rings. The van der Waals surface area contributed by atoms with Gasteiger partial charge in [-0.1, -0.05) is 18.2 Å². The maximum atomic E-state index is 13.0. The number of amides is 1. The largest absolute Gasteiger partial charge is 0.467 e. The molecule has 3 rings (SSSR count). The lowest BCUT2D eigenvalue weighted by Gasteiger charge is -2.30. The Balaban J connectivity index is 2.16. The summed E-state index contributed by atoms with van der Waals surface area (Å²) in [4.78, 5) is 42.4. The molecule has 10 nitrogen and oxygen atoms in total. The van der Waals surface area contributed by atoms with Crippen LogP contribution in [0.4, 0.5) is 4.79 Å². The zero-order valence-corrected chi connectivity index (χ0v) is 17.1. The Bertz CT molecular complexity index is 912. The first-order valence-electron chi connectivity index (χ1n) is 9.42. The summed E-state index contributed by atoms with van der Waals surface area (Å²) in [7, 11) is 1.18. The maximum absolute atomic E-state index is 13.0. The highest BCUT2D eigenvalue weighted by atomic mass is 16.6. The lowest BCUT2D eigenvalue weighted by atomic mass is 9.90. The first-order chi connectivity index (χ1) is 14.4. The molecule has 1 aromatic carbocycles. The van der Waals surface area contributed by atoms with Gasteiger partial charge in [0.25, 0.3) is 5.54 Å². The van der Waals surface area contributed by atoms with Crippen molar-refractivity contribution in [2.24, 2.45) is 4.99 Å². The highest BCUT2D eigenvalue weighted by Gasteiger charge is 2.67. The summed E-state index contributed by atoms with van der Waals surface area (Å²) < 4.78 is 21.1. The number of benzene rings is 1. The molecule has 0 radical (unpaired) electrons. The minimum absolute atomic E-state index is 0.0797. The maximum Gasteiger partial charge on any atom is 0.426 e. The van der Waals surface area contributed by atoms with Gasteiger partial charge in [-0.25, -0.2) is 29.8 Å². The van der Waals surface area contributed by atoms with Crippen molar-refractivity contribution in [2.45, 2.75) is 32.5 Å². The molecule has 10 heteroatoms. The van der Waals surface area contributed by atoms with E-state index in [1.54, 1.807) is 45.0 Å². The number of hydrogen-bond donors (Lipinski definition) is 1. The van der Waals surface area contributed by atoms with Crippen molar-refractivity contribution in [3.8, 4) is 0 Å². The quantitative estimate of drug-likeness (QED) is 0.547. The number of aliphatic imine (C=N–C) groups is 1. The van der Waals surface area contributed by atoms with Crippen LogP contribution in [0.1, 0.15) is 26.3 Å². The highest BCUT2D eigenvalue weighted by molar-refractivity contribution is 6.08. The molecule has 30 heavy (non-hydrogen) atoms. The molecule has 2 unspecified atom stereocenters. The van der Waals surface area contributed by atoms with Gasteiger partial charge < -0.3 is 18.9 Å². The number of carbonyl (C=O) groups is 3. The predicted octanol–water partition coefficient (Wildman–Crippen LogP) is 1.52. The second-order valence-corrected chi connectivity index (χ2v) is 6.39. The summed E-state index contributed by atoms with van der Waals surface area (Å²) in [5.74, 6) is -1.47. The van der Waals surface area contributed by atoms with Gasteiger partial charge in [-0.05, 0) is 32.9 Å². The van der Waals surface area contributed by atoms with E-state index in [1.165, 1.54) is 12.1 Å². The third kappa shape index (κ3) is 3.34. The summed E-state index contributed by atoms with van der Waals surface area (Å²) in [6, 6.07) is 8.87. The summed E-state index contributed by atoms with van der Waals surface area (Å²) >= 11 is 0. The topological polar surface area (TPSA) is 116 Å². The van der Waals surface area contributed by atoms with Crippen LogP contribution in [0, 0.1) is 0 Å². The van der Waals surface area contributed by atoms with Crippen molar-refractivity contribution in [3.05, 3.63) is 47.2 Å². The highest BCUT2D eigenvalue weighted by Crippen LogP contribution is 2.45. The minimum atomic E-state index is -1.88. The number of ether oxygens (including phenoxy) is 4. The fourth-order valence-corrected chi connectivity index (χ4v) is 3.45. The van der Waals surface area contributed by atoms with Crippen LogP contribution in [0.3, 0.4) is 0 Å². The van der Waals surface area contributed by atoms with Crippen LogP contribution in [0.15, 0.2) is 46.6 Å². The Hall–Kier alpha value is -3.56. The van der Waals surface area contributed by atoms with E-state index in [0.717, 1.165) is 0 Å². The lowest BCUT2D eigenvalue weighted by Crippen LogP contribution is -2.55. The number of rotatable bonds is 6. The van der Waals surface area contributed by atoms with Crippen molar-refractivity contribution < 1.29 is 33.3 Å². The summed E-state index contributed by atoms with van der Waals surface area (Å²) in [5, 5.41) is 1.24. The zero-order chi connectivity index (χ0) is 21.9. The molecule has 1 N–H and O–H groups in total. The number of methoxy groups -OCH3 is 1. The van der Waals surface area contributed by atoms with Crippen molar-refractivity contribution in [3.63, 3.8) is 0 Å². The standard InChI is InChI=1S/C20H23N3O7/c1-5-28-16(24)14-12(3)23(22-19(26)29-6-2)17-20(14,18(25)27-4)21-15(30-17)13-10-8-7-9-11-13/h7-11,17H,5-6H2,1-4H3,(H,22,26). The monoisotopic (exact) mass is 417 g/mol. The van der Waals surface area contributed by atoms with Crippen molar-refractivity contribution >= 4 is 23.9 Å². The van der Waals surface area contributed by atoms with Gasteiger partial charge in [-0.3, -0.25) is 0 Å². The fraction of sp³-hybridized carbons (Fsp3) is 0.400. The third-order valence-electron chi connectivity index (χ3n) is 4.68. The van der Waals surface area contributed by atoms with Gasteiger partial charge in [0, 0.05) is 11.3 Å². The van der Waals surface area contributed by atoms with Crippen LogP contribution in [0.2, 0.25) is 0 Å². The van der Waals surface area contributed by atoms with E-state index in [1.807, 2.05) is 6.07 Å². The molecule has 0 saturated heterocycles. The Labute approximate surface area is 173 Å². The number of hydrazine groups is 1. The molecular weight excluding hydrogens is 394 g/mol. The third-order valence-corrected chi connectivity index (χ3v) is 4.68. The number of hydrogen-bond acceptors (Lipinski definition) is 9. The average molecular weight is 417 g/mol. The molecule has 0 saturated carbocycles. The number of allylic oxidation sites excluding steroid dienone is 1. The normalized spacial score (nSPS) is 22.1. The summed E-state index contributed by atoms with van der Waals surface area (Å²) in [6.07, 6.45) is -1.98. The number of nitrogens with one attached hydrogen (secondary N) is 1. The fourth-order valence-electron chi connectivity index (χ4n) is 3.45. The molecule has 2 heterocycles. The van der Waals surface area contributed by atoms with E-state index in [2.05, 4.69) is 10.4 Å². The van der Waals surface area contributed by atoms with E-state index in [4.69, 9.17) is 18.9 Å². The molecule has 2 atom stereocenters. The van der Waals surface area contributed by atoms with E-state index in [-0.39, 0.29) is 30.4 Å². The number of esters is 2. The molecule has 0 bridgehead atoms. The average Bonchev–Trinajstić information content (AvgIpc) is 3.22. The van der Waals surface area contributed by atoms with E-state index >= 15 is 0 Å². The first kappa shape index (κ1) is 21.2. The lowest BCUT2D eigenvalue weighted by molar-refractivity contribution is -0.153. The van der Waals surface area contributed by atoms with E-state index in [0.29, 0.717) is 5.56 Å². The molecule has 0 aliphatic carbocycles. The van der Waals surface area contributed by atoms with E-state index < -0.39 is 29.8 Å². The number of fused-ring (bicyclic) bond motifs is 1. The van der Waals surface area contributed by atoms with E-state index in [9.17, 15) is 14.4 Å². The predicted molar refractivity (Wildman–Crippen MR) is 104 cm³/mol. The summed E-state index contributed by atoms with van der Waals surface area (Å²) in [5.41, 5.74) is 1.36. The zero-order valence-electron chi connectivity index (χ0n) is 17.1. The molecule has 2 aliphatic heterocycles. The Morgan fingerprint density at radius 2 is 1.83 bits per heavy atom. The second-order valence-electron chi connectivity index (χ2n) is 6.39. The number of carbonyl (C=O) groups excluding carboxylic acids is 3. The molecule has 160 valence electrons. The van der Waals surface area contributed by atoms with Gasteiger partial charge >= 0.3 is 18.0 Å². The number of nitrogens with zero attached hydrogens (tertiary/aromatic N) is 2. The van der Waals surface area contributed by atoms with Gasteiger partial charge in [0.05, 0.1) is 20.3 Å². The SMILES string of the molecule is CCOC(=O)NN1C(C)=C(C(=O)OCC)C2(C(=O)OC)N=C(c3ccccc3)OC12. The van der Waals surface area contributed by atoms with Crippen LogP contribution in [0.25, 0.3) is 0 Å². The van der Waals surface area contributed by atoms with Crippen molar-refractivity contribution in [1.82, 2.24) is 10.4 Å². The van der Waals surface area contributed by atoms with Crippen LogP contribution >= 0.6 is 0 Å². The van der Waals surface area contributed by atoms with Crippen molar-refractivity contribution in [2.75, 3.05) is 20.3 Å². The molecule has 0 fully saturated rings. The van der Waals surface area contributed by atoms with Crippen molar-refractivity contribution in [1.29, 1.82) is 0 Å². The Morgan fingerprint density at radius 3 is 2.43 bits per heavy atom. The van der Waals surface area contributed by atoms with Crippen LogP contribution in [-0.4, -0.2) is 61.0 Å². The van der Waals surface area contributed by atoms with Gasteiger partial charge in [-0.15, -0.1) is 0 Å². The van der Waals surface area contributed by atoms with Crippen LogP contribution in [-0.2, 0) is 28.5 Å².